The third-order valence-electron chi connectivity index (χ3n) is 4.59. The van der Waals surface area contributed by atoms with Gasteiger partial charge in [-0.15, -0.1) is 3.97 Å². The van der Waals surface area contributed by atoms with Crippen LogP contribution in [0.3, 0.4) is 0 Å². The number of benzene rings is 1. The van der Waals surface area contributed by atoms with Crippen LogP contribution in [0, 0.1) is 6.92 Å². The maximum Gasteiger partial charge on any atom is 1.00 e. The zero-order valence-corrected chi connectivity index (χ0v) is 21.3. The minimum atomic E-state index is -1.32. The Morgan fingerprint density at radius 3 is 2.73 bits per heavy atom. The molecule has 0 amide bonds. The van der Waals surface area contributed by atoms with Gasteiger partial charge in [-0.3, -0.25) is 4.98 Å². The Balaban J connectivity index is 0.00000240. The van der Waals surface area contributed by atoms with E-state index in [1.54, 1.807) is 29.6 Å². The maximum atomic E-state index is 12.5. The van der Waals surface area contributed by atoms with Gasteiger partial charge in [-0.1, -0.05) is 13.3 Å². The molecule has 0 bridgehead atoms. The molecule has 2 atom stereocenters. The van der Waals surface area contributed by atoms with Crippen molar-refractivity contribution in [3.8, 4) is 23.0 Å². The second kappa shape index (κ2) is 11.4. The zero-order valence-electron chi connectivity index (χ0n) is 19.5. The van der Waals surface area contributed by atoms with Gasteiger partial charge in [0.1, 0.15) is 29.0 Å². The number of fused-ring (bicyclic) bond motifs is 1. The minimum Gasteiger partial charge on any atom is -1.00 e. The first kappa shape index (κ1) is 25.0. The van der Waals surface area contributed by atoms with E-state index in [1.165, 1.54) is 0 Å². The van der Waals surface area contributed by atoms with Gasteiger partial charge < -0.3 is 20.2 Å². The first-order valence-electron chi connectivity index (χ1n) is 9.60. The summed E-state index contributed by atoms with van der Waals surface area (Å²) in [6.45, 7) is 6.56. The SMILES string of the molecule is CCCCOC(C)Oc1ccnc(-c2nc3cc(OC)ccc3n2[S+](C)[O-])c1C.[H-].[Na+]. The summed E-state index contributed by atoms with van der Waals surface area (Å²) < 4.78 is 31.1. The molecule has 2 unspecified atom stereocenters. The van der Waals surface area contributed by atoms with Crippen LogP contribution in [-0.2, 0) is 16.1 Å². The molecule has 30 heavy (non-hydrogen) atoms. The molecule has 0 N–H and O–H groups in total. The van der Waals surface area contributed by atoms with Gasteiger partial charge in [-0.05, 0) is 38.5 Å². The van der Waals surface area contributed by atoms with Crippen LogP contribution in [0.2, 0.25) is 0 Å². The van der Waals surface area contributed by atoms with Crippen LogP contribution in [0.1, 0.15) is 33.7 Å². The number of imidazole rings is 1. The summed E-state index contributed by atoms with van der Waals surface area (Å²) in [6, 6.07) is 7.30. The topological polar surface area (TPSA) is 81.5 Å². The van der Waals surface area contributed by atoms with Gasteiger partial charge in [-0.25, -0.2) is 4.98 Å². The fourth-order valence-corrected chi connectivity index (χ4v) is 3.85. The van der Waals surface area contributed by atoms with Crippen molar-refractivity contribution in [2.45, 2.75) is 39.9 Å². The van der Waals surface area contributed by atoms with Crippen LogP contribution in [0.25, 0.3) is 22.6 Å². The summed E-state index contributed by atoms with van der Waals surface area (Å²) >= 11 is -1.32. The molecule has 0 aliphatic carbocycles. The van der Waals surface area contributed by atoms with Crippen LogP contribution in [0.4, 0.5) is 0 Å². The normalized spacial score (nSPS) is 13.0. The maximum absolute atomic E-state index is 12.5. The molecule has 158 valence electrons. The number of rotatable bonds is 9. The van der Waals surface area contributed by atoms with Gasteiger partial charge in [0.25, 0.3) is 0 Å². The zero-order chi connectivity index (χ0) is 21.0. The Hall–Kier alpha value is -1.29. The number of hydrogen-bond acceptors (Lipinski definition) is 6. The molecule has 2 aromatic heterocycles. The second-order valence-corrected chi connectivity index (χ2v) is 7.91. The molecule has 0 aliphatic rings. The molecule has 0 aliphatic heterocycles. The molecule has 1 aromatic carbocycles. The summed E-state index contributed by atoms with van der Waals surface area (Å²) in [7, 11) is 1.60. The second-order valence-electron chi connectivity index (χ2n) is 6.70. The Kier molecular flexibility index (Phi) is 9.46. The predicted octanol–water partition coefficient (Wildman–Crippen LogP) is 1.21. The van der Waals surface area contributed by atoms with Crippen LogP contribution >= 0.6 is 0 Å². The quantitative estimate of drug-likeness (QED) is 0.215. The Morgan fingerprint density at radius 2 is 2.07 bits per heavy atom. The van der Waals surface area contributed by atoms with Gasteiger partial charge in [-0.2, -0.15) is 0 Å². The van der Waals surface area contributed by atoms with Crippen LogP contribution in [0.15, 0.2) is 30.5 Å². The third-order valence-corrected chi connectivity index (χ3v) is 5.47. The van der Waals surface area contributed by atoms with Crippen molar-refractivity contribution in [2.24, 2.45) is 0 Å². The van der Waals surface area contributed by atoms with E-state index in [9.17, 15) is 4.55 Å². The van der Waals surface area contributed by atoms with E-state index in [0.29, 0.717) is 35.1 Å². The smallest absolute Gasteiger partial charge is 1.00 e. The number of hydrogen-bond donors (Lipinski definition) is 0. The number of methoxy groups -OCH3 is 1. The molecular weight excluding hydrogens is 413 g/mol. The number of ether oxygens (including phenoxy) is 3. The van der Waals surface area contributed by atoms with Crippen molar-refractivity contribution >= 4 is 22.4 Å². The number of pyridine rings is 1. The summed E-state index contributed by atoms with van der Waals surface area (Å²) in [5.41, 5.74) is 2.88. The van der Waals surface area contributed by atoms with Crippen molar-refractivity contribution in [3.05, 3.63) is 36.0 Å². The van der Waals surface area contributed by atoms with Gasteiger partial charge in [0, 0.05) is 17.8 Å². The van der Waals surface area contributed by atoms with Crippen LogP contribution in [-0.4, -0.2) is 44.8 Å². The van der Waals surface area contributed by atoms with E-state index < -0.39 is 11.4 Å². The first-order chi connectivity index (χ1) is 14.0. The number of unbranched alkanes of at least 4 members (excludes halogenated alkanes) is 1. The molecule has 0 fully saturated rings. The van der Waals surface area contributed by atoms with Crippen molar-refractivity contribution in [1.82, 2.24) is 13.9 Å². The van der Waals surface area contributed by atoms with E-state index in [-0.39, 0.29) is 37.3 Å². The molecule has 3 aromatic rings. The molecule has 0 radical (unpaired) electrons. The molecule has 2 heterocycles. The fourth-order valence-electron chi connectivity index (χ4n) is 3.05. The van der Waals surface area contributed by atoms with E-state index in [1.807, 2.05) is 32.0 Å². The van der Waals surface area contributed by atoms with Crippen molar-refractivity contribution in [2.75, 3.05) is 20.0 Å². The van der Waals surface area contributed by atoms with E-state index in [2.05, 4.69) is 11.9 Å². The van der Waals surface area contributed by atoms with Crippen molar-refractivity contribution in [1.29, 1.82) is 0 Å². The number of nitrogens with zero attached hydrogens (tertiary/aromatic N) is 3. The third kappa shape index (κ3) is 5.49. The van der Waals surface area contributed by atoms with Gasteiger partial charge in [0.15, 0.2) is 6.29 Å². The first-order valence-corrected chi connectivity index (χ1v) is 11.1. The average molecular weight is 442 g/mol. The van der Waals surface area contributed by atoms with Crippen molar-refractivity contribution < 1.29 is 49.7 Å². The molecular formula is C21H28N3NaO4S. The van der Waals surface area contributed by atoms with Crippen LogP contribution in [0.5, 0.6) is 11.5 Å². The molecule has 0 saturated carbocycles. The monoisotopic (exact) mass is 441 g/mol. The fraction of sp³-hybridized carbons (Fsp3) is 0.429. The molecule has 0 spiro atoms. The summed E-state index contributed by atoms with van der Waals surface area (Å²) in [6.07, 6.45) is 4.97. The van der Waals surface area contributed by atoms with Crippen LogP contribution < -0.4 is 39.0 Å². The molecule has 3 rings (SSSR count). The number of aromatic nitrogens is 3. The summed E-state index contributed by atoms with van der Waals surface area (Å²) in [5, 5.41) is 0. The average Bonchev–Trinajstić information content (AvgIpc) is 3.08. The van der Waals surface area contributed by atoms with Crippen molar-refractivity contribution in [3.63, 3.8) is 0 Å². The summed E-state index contributed by atoms with van der Waals surface area (Å²) in [5.74, 6) is 1.88. The van der Waals surface area contributed by atoms with Gasteiger partial charge in [0.2, 0.25) is 5.82 Å². The molecule has 7 nitrogen and oxygen atoms in total. The van der Waals surface area contributed by atoms with E-state index >= 15 is 0 Å². The largest absolute Gasteiger partial charge is 1.00 e. The van der Waals surface area contributed by atoms with E-state index in [4.69, 9.17) is 19.2 Å². The Labute approximate surface area is 204 Å². The minimum absolute atomic E-state index is 0. The van der Waals surface area contributed by atoms with Gasteiger partial charge in [0.05, 0.1) is 30.6 Å². The summed E-state index contributed by atoms with van der Waals surface area (Å²) in [4.78, 5) is 9.20. The standard InChI is InChI=1S/C21H27N3O4S.Na.H/c1-6-7-12-27-15(3)28-19-10-11-22-20(14(19)2)21-23-17-13-16(26-4)8-9-18(17)24(21)29(5)25;;/h8-11,13,15H,6-7,12H2,1-5H3;;/q;+1;-1. The Morgan fingerprint density at radius 1 is 1.30 bits per heavy atom. The molecule has 9 heteroatoms. The van der Waals surface area contributed by atoms with E-state index in [0.717, 1.165) is 23.9 Å². The Bertz CT molecular complexity index is 987. The van der Waals surface area contributed by atoms with Gasteiger partial charge >= 0.3 is 29.6 Å². The predicted molar refractivity (Wildman–Crippen MR) is 116 cm³/mol. The molecule has 0 saturated heterocycles.